The average molecular weight is 913 g/mol. The maximum atomic E-state index is 13.4. The Morgan fingerprint density at radius 3 is 1.46 bits per heavy atom. The normalized spacial score (nSPS) is 13.7. The summed E-state index contributed by atoms with van der Waals surface area (Å²) < 4.78 is 12.6. The van der Waals surface area contributed by atoms with Gasteiger partial charge in [-0.2, -0.15) is 0 Å². The summed E-state index contributed by atoms with van der Waals surface area (Å²) in [7, 11) is 0. The lowest BCUT2D eigenvalue weighted by molar-refractivity contribution is 0.103. The van der Waals surface area contributed by atoms with Gasteiger partial charge in [-0.3, -0.25) is 4.79 Å². The summed E-state index contributed by atoms with van der Waals surface area (Å²) in [5, 5.41) is 0. The van der Waals surface area contributed by atoms with Gasteiger partial charge in [-0.15, -0.1) is 0 Å². The van der Waals surface area contributed by atoms with Crippen LogP contribution in [0.2, 0.25) is 0 Å². The van der Waals surface area contributed by atoms with E-state index in [1.54, 1.807) is 0 Å². The smallest absolute Gasteiger partial charge is 0.193 e. The first-order valence-corrected chi connectivity index (χ1v) is 24.9. The maximum absolute atomic E-state index is 13.4. The molecule has 0 saturated heterocycles. The number of aryl methyl sites for hydroxylation is 2. The summed E-state index contributed by atoms with van der Waals surface area (Å²) in [5.74, 6) is 2.36. The van der Waals surface area contributed by atoms with Gasteiger partial charge in [-0.1, -0.05) is 127 Å². The number of hydrogen-bond acceptors (Lipinski definition) is 5. The molecule has 0 amide bonds. The zero-order chi connectivity index (χ0) is 48.5. The van der Waals surface area contributed by atoms with Crippen molar-refractivity contribution in [2.75, 3.05) is 9.80 Å². The van der Waals surface area contributed by atoms with Gasteiger partial charge in [0.05, 0.1) is 6.04 Å². The Kier molecular flexibility index (Phi) is 15.0. The molecular weight excluding hydrogens is 845 g/mol. The van der Waals surface area contributed by atoms with Gasteiger partial charge in [0, 0.05) is 39.6 Å². The third-order valence-electron chi connectivity index (χ3n) is 13.7. The Balaban J connectivity index is 0.973. The highest BCUT2D eigenvalue weighted by Gasteiger charge is 2.23. The Morgan fingerprint density at radius 1 is 0.551 bits per heavy atom. The van der Waals surface area contributed by atoms with E-state index in [-0.39, 0.29) is 22.8 Å². The van der Waals surface area contributed by atoms with Crippen LogP contribution in [0.5, 0.6) is 11.5 Å². The molecule has 5 nitrogen and oxygen atoms in total. The van der Waals surface area contributed by atoms with E-state index >= 15 is 0 Å². The number of allylic oxidation sites excluding steroid dienone is 1. The Morgan fingerprint density at radius 2 is 1.00 bits per heavy atom. The van der Waals surface area contributed by atoms with Crippen LogP contribution in [0.4, 0.5) is 28.4 Å². The third-order valence-corrected chi connectivity index (χ3v) is 13.7. The lowest BCUT2D eigenvalue weighted by Crippen LogP contribution is -2.30. The van der Waals surface area contributed by atoms with E-state index in [4.69, 9.17) is 9.47 Å². The van der Waals surface area contributed by atoms with E-state index in [0.717, 1.165) is 89.6 Å². The van der Waals surface area contributed by atoms with Crippen LogP contribution in [-0.4, -0.2) is 17.4 Å². The van der Waals surface area contributed by atoms with E-state index in [1.807, 2.05) is 36.4 Å². The number of carbonyl (C=O) groups is 1. The fraction of sp³-hybridized carbons (Fsp3) is 0.266. The first kappa shape index (κ1) is 48.4. The highest BCUT2D eigenvalue weighted by molar-refractivity contribution is 6.09. The molecule has 69 heavy (non-hydrogen) atoms. The Hall–Kier alpha value is -7.11. The number of hydrogen-bond donors (Lipinski definition) is 0. The number of ether oxygens (including phenoxy) is 2. The molecule has 352 valence electrons. The molecule has 0 radical (unpaired) electrons. The molecule has 1 aliphatic carbocycles. The van der Waals surface area contributed by atoms with Crippen LogP contribution in [0.25, 0.3) is 11.1 Å². The van der Waals surface area contributed by atoms with Crippen molar-refractivity contribution < 1.29 is 14.3 Å². The van der Waals surface area contributed by atoms with Gasteiger partial charge in [0.1, 0.15) is 22.9 Å². The summed E-state index contributed by atoms with van der Waals surface area (Å²) in [5.41, 5.74) is 12.9. The number of rotatable bonds is 19. The van der Waals surface area contributed by atoms with Crippen LogP contribution < -0.4 is 19.3 Å². The predicted molar refractivity (Wildman–Crippen MR) is 289 cm³/mol. The standard InChI is InChI=1S/C64H68N2O3/c1-9-45-63(5,6)52-25-17-50(18-26-52)62(67)51-23-39-59(40-24-51)68-60-41-35-57(36-42-60)65(53-27-13-46(10-2)14-28-53)55-31-19-48(20-32-55)49-21-33-56(34-22-49)66(54-29-15-47(11-3)16-30-54)58-37-43-61(44-38-58)69-64(7,8)12-4/h13-35,37-44,57H,9-12,36,45H2,1-8H3. The molecule has 0 fully saturated rings. The van der Waals surface area contributed by atoms with Crippen molar-refractivity contribution in [3.63, 3.8) is 0 Å². The molecule has 8 rings (SSSR count). The first-order valence-electron chi connectivity index (χ1n) is 24.9. The second-order valence-electron chi connectivity index (χ2n) is 19.5. The van der Waals surface area contributed by atoms with Crippen molar-refractivity contribution in [3.8, 4) is 22.6 Å². The molecule has 5 heteroatoms. The molecule has 0 bridgehead atoms. The highest BCUT2D eigenvalue weighted by Crippen LogP contribution is 2.39. The molecule has 1 atom stereocenters. The minimum atomic E-state index is -0.227. The van der Waals surface area contributed by atoms with E-state index in [9.17, 15) is 4.79 Å². The van der Waals surface area contributed by atoms with Gasteiger partial charge in [-0.05, 0) is 188 Å². The highest BCUT2D eigenvalue weighted by atomic mass is 16.5. The monoisotopic (exact) mass is 913 g/mol. The van der Waals surface area contributed by atoms with Gasteiger partial charge < -0.3 is 19.3 Å². The van der Waals surface area contributed by atoms with Crippen molar-refractivity contribution in [3.05, 3.63) is 222 Å². The van der Waals surface area contributed by atoms with Crippen LogP contribution >= 0.6 is 0 Å². The summed E-state index contributed by atoms with van der Waals surface area (Å²) in [6.07, 6.45) is 12.3. The molecule has 1 aliphatic rings. The zero-order valence-corrected chi connectivity index (χ0v) is 41.8. The number of anilines is 5. The summed E-state index contributed by atoms with van der Waals surface area (Å²) in [4.78, 5) is 18.1. The molecule has 0 aromatic heterocycles. The summed E-state index contributed by atoms with van der Waals surface area (Å²) in [6, 6.07) is 59.6. The van der Waals surface area contributed by atoms with Crippen LogP contribution in [0, 0.1) is 0 Å². The Bertz CT molecular complexity index is 2840. The molecule has 7 aromatic carbocycles. The molecule has 0 saturated carbocycles. The van der Waals surface area contributed by atoms with Gasteiger partial charge in [-0.25, -0.2) is 0 Å². The van der Waals surface area contributed by atoms with Crippen LogP contribution in [0.1, 0.15) is 114 Å². The van der Waals surface area contributed by atoms with Crippen molar-refractivity contribution in [2.24, 2.45) is 0 Å². The van der Waals surface area contributed by atoms with Gasteiger partial charge >= 0.3 is 0 Å². The number of benzene rings is 7. The van der Waals surface area contributed by atoms with Gasteiger partial charge in [0.15, 0.2) is 5.78 Å². The zero-order valence-electron chi connectivity index (χ0n) is 41.8. The quantitative estimate of drug-likeness (QED) is 0.0756. The SMILES string of the molecule is CCCC(C)(C)c1ccc(C(=O)c2ccc(OC3=CCC(N(c4ccc(CC)cc4)c4ccc(-c5ccc(N(c6ccc(CC)cc6)c6ccc(OC(C)(C)CC)cc6)cc5)cc4)C=C3)cc2)cc1. The molecule has 0 spiro atoms. The average Bonchev–Trinajstić information content (AvgIpc) is 3.38. The topological polar surface area (TPSA) is 42.0 Å². The van der Waals surface area contributed by atoms with Gasteiger partial charge in [0.2, 0.25) is 0 Å². The molecule has 0 N–H and O–H groups in total. The third kappa shape index (κ3) is 11.6. The summed E-state index contributed by atoms with van der Waals surface area (Å²) in [6.45, 7) is 17.5. The van der Waals surface area contributed by atoms with Gasteiger partial charge in [0.25, 0.3) is 0 Å². The fourth-order valence-corrected chi connectivity index (χ4v) is 9.10. The number of ketones is 1. The van der Waals surface area contributed by atoms with Crippen LogP contribution in [0.15, 0.2) is 194 Å². The van der Waals surface area contributed by atoms with Crippen molar-refractivity contribution in [2.45, 2.75) is 111 Å². The second kappa shape index (κ2) is 21.5. The molecule has 1 unspecified atom stereocenters. The van der Waals surface area contributed by atoms with E-state index < -0.39 is 0 Å². The Labute approximate surface area is 411 Å². The largest absolute Gasteiger partial charge is 0.488 e. The predicted octanol–water partition coefficient (Wildman–Crippen LogP) is 17.3. The van der Waals surface area contributed by atoms with Crippen LogP contribution in [0.3, 0.4) is 0 Å². The van der Waals surface area contributed by atoms with Crippen molar-refractivity contribution in [1.29, 1.82) is 0 Å². The second-order valence-corrected chi connectivity index (χ2v) is 19.5. The molecule has 0 aliphatic heterocycles. The number of nitrogens with zero attached hydrogens (tertiary/aromatic N) is 2. The van der Waals surface area contributed by atoms with Crippen LogP contribution in [-0.2, 0) is 18.3 Å². The number of carbonyl (C=O) groups excluding carboxylic acids is 1. The van der Waals surface area contributed by atoms with Crippen molar-refractivity contribution >= 4 is 34.2 Å². The molecule has 0 heterocycles. The van der Waals surface area contributed by atoms with E-state index in [2.05, 4.69) is 217 Å². The lowest BCUT2D eigenvalue weighted by Gasteiger charge is -2.33. The van der Waals surface area contributed by atoms with Crippen molar-refractivity contribution in [1.82, 2.24) is 0 Å². The lowest BCUT2D eigenvalue weighted by atomic mass is 9.80. The summed E-state index contributed by atoms with van der Waals surface area (Å²) >= 11 is 0. The van der Waals surface area contributed by atoms with E-state index in [0.29, 0.717) is 16.9 Å². The maximum Gasteiger partial charge on any atom is 0.193 e. The minimum absolute atomic E-state index is 0.00957. The minimum Gasteiger partial charge on any atom is -0.488 e. The van der Waals surface area contributed by atoms with E-state index in [1.165, 1.54) is 16.7 Å². The first-order chi connectivity index (χ1) is 33.4. The molecule has 7 aromatic rings. The fourth-order valence-electron chi connectivity index (χ4n) is 9.10. The molecular formula is C64H68N2O3.